The SMILES string of the molecule is Nn1cc(-c2ccccc2)nc1SCc1nc(-c2ccc(Cl)cc2)no1. The van der Waals surface area contributed by atoms with Crippen molar-refractivity contribution < 1.29 is 4.52 Å². The molecule has 0 amide bonds. The van der Waals surface area contributed by atoms with E-state index in [0.717, 1.165) is 16.8 Å². The minimum atomic E-state index is 0.475. The molecule has 0 aliphatic carbocycles. The number of nitrogens with two attached hydrogens (primary N) is 1. The summed E-state index contributed by atoms with van der Waals surface area (Å²) in [5.41, 5.74) is 2.69. The van der Waals surface area contributed by atoms with E-state index in [1.807, 2.05) is 42.5 Å². The van der Waals surface area contributed by atoms with Crippen LogP contribution in [0.15, 0.2) is 70.5 Å². The van der Waals surface area contributed by atoms with Gasteiger partial charge in [-0.2, -0.15) is 4.98 Å². The second-order valence-electron chi connectivity index (χ2n) is 5.49. The second-order valence-corrected chi connectivity index (χ2v) is 6.87. The Hall–Kier alpha value is -2.77. The normalized spacial score (nSPS) is 11.0. The summed E-state index contributed by atoms with van der Waals surface area (Å²) < 4.78 is 6.81. The fraction of sp³-hybridized carbons (Fsp3) is 0.0556. The fourth-order valence-corrected chi connectivity index (χ4v) is 3.25. The van der Waals surface area contributed by atoms with Gasteiger partial charge in [-0.25, -0.2) is 9.66 Å². The molecule has 0 aliphatic heterocycles. The van der Waals surface area contributed by atoms with Gasteiger partial charge in [0, 0.05) is 16.1 Å². The van der Waals surface area contributed by atoms with E-state index in [1.54, 1.807) is 18.3 Å². The lowest BCUT2D eigenvalue weighted by atomic mass is 10.2. The third-order valence-electron chi connectivity index (χ3n) is 3.66. The zero-order valence-corrected chi connectivity index (χ0v) is 15.1. The van der Waals surface area contributed by atoms with Crippen LogP contribution in [0.1, 0.15) is 5.89 Å². The van der Waals surface area contributed by atoms with E-state index in [9.17, 15) is 0 Å². The van der Waals surface area contributed by atoms with Gasteiger partial charge in [0.1, 0.15) is 0 Å². The van der Waals surface area contributed by atoms with Crippen molar-refractivity contribution in [2.45, 2.75) is 10.9 Å². The zero-order chi connectivity index (χ0) is 17.9. The summed E-state index contributed by atoms with van der Waals surface area (Å²) in [4.78, 5) is 8.97. The largest absolute Gasteiger partial charge is 0.338 e. The summed E-state index contributed by atoms with van der Waals surface area (Å²) >= 11 is 7.33. The molecule has 4 rings (SSSR count). The molecule has 2 aromatic carbocycles. The summed E-state index contributed by atoms with van der Waals surface area (Å²) in [6.45, 7) is 0. The van der Waals surface area contributed by atoms with Crippen molar-refractivity contribution >= 4 is 23.4 Å². The van der Waals surface area contributed by atoms with Gasteiger partial charge in [-0.3, -0.25) is 0 Å². The minimum absolute atomic E-state index is 0.475. The molecule has 4 aromatic rings. The highest BCUT2D eigenvalue weighted by atomic mass is 35.5. The first kappa shape index (κ1) is 16.7. The van der Waals surface area contributed by atoms with Crippen LogP contribution in [0.4, 0.5) is 0 Å². The molecule has 0 radical (unpaired) electrons. The smallest absolute Gasteiger partial charge is 0.237 e. The topological polar surface area (TPSA) is 82.8 Å². The maximum Gasteiger partial charge on any atom is 0.237 e. The first-order chi connectivity index (χ1) is 12.7. The molecular formula is C18H14ClN5OS. The number of halogens is 1. The van der Waals surface area contributed by atoms with Crippen molar-refractivity contribution in [2.24, 2.45) is 0 Å². The number of nitrogens with zero attached hydrogens (tertiary/aromatic N) is 4. The van der Waals surface area contributed by atoms with Crippen molar-refractivity contribution in [3.8, 4) is 22.6 Å². The Morgan fingerprint density at radius 2 is 1.77 bits per heavy atom. The maximum atomic E-state index is 6.01. The molecule has 0 unspecified atom stereocenters. The van der Waals surface area contributed by atoms with Crippen LogP contribution in [0.2, 0.25) is 5.02 Å². The number of rotatable bonds is 5. The standard InChI is InChI=1S/C18H14ClN5OS/c19-14-8-6-13(7-9-14)17-22-16(25-23-17)11-26-18-21-15(10-24(18)20)12-4-2-1-3-5-12/h1-10H,11,20H2. The van der Waals surface area contributed by atoms with Gasteiger partial charge in [0.2, 0.25) is 11.7 Å². The van der Waals surface area contributed by atoms with Crippen LogP contribution in [0.5, 0.6) is 0 Å². The zero-order valence-electron chi connectivity index (χ0n) is 13.5. The molecule has 0 aliphatic rings. The number of thioether (sulfide) groups is 1. The average Bonchev–Trinajstić information content (AvgIpc) is 3.28. The van der Waals surface area contributed by atoms with Crippen LogP contribution in [-0.4, -0.2) is 19.8 Å². The summed E-state index contributed by atoms with van der Waals surface area (Å²) in [6.07, 6.45) is 1.80. The maximum absolute atomic E-state index is 6.01. The predicted molar refractivity (Wildman–Crippen MR) is 102 cm³/mol. The van der Waals surface area contributed by atoms with Gasteiger partial charge >= 0.3 is 0 Å². The highest BCUT2D eigenvalue weighted by Crippen LogP contribution is 2.26. The van der Waals surface area contributed by atoms with Gasteiger partial charge in [-0.15, -0.1) is 0 Å². The van der Waals surface area contributed by atoms with Crippen LogP contribution in [-0.2, 0) is 5.75 Å². The van der Waals surface area contributed by atoms with Crippen molar-refractivity contribution in [1.82, 2.24) is 19.8 Å². The van der Waals surface area contributed by atoms with Gasteiger partial charge < -0.3 is 10.4 Å². The van der Waals surface area contributed by atoms with Crippen LogP contribution in [0, 0.1) is 0 Å². The number of hydrogen-bond donors (Lipinski definition) is 1. The molecule has 6 nitrogen and oxygen atoms in total. The Kier molecular flexibility index (Phi) is 4.64. The molecule has 2 heterocycles. The quantitative estimate of drug-likeness (QED) is 0.409. The lowest BCUT2D eigenvalue weighted by Crippen LogP contribution is -2.07. The van der Waals surface area contributed by atoms with E-state index >= 15 is 0 Å². The molecule has 8 heteroatoms. The van der Waals surface area contributed by atoms with E-state index in [4.69, 9.17) is 22.0 Å². The molecular weight excluding hydrogens is 370 g/mol. The Bertz CT molecular complexity index is 1010. The lowest BCUT2D eigenvalue weighted by molar-refractivity contribution is 0.391. The monoisotopic (exact) mass is 383 g/mol. The highest BCUT2D eigenvalue weighted by Gasteiger charge is 2.12. The predicted octanol–water partition coefficient (Wildman–Crippen LogP) is 4.26. The molecule has 0 bridgehead atoms. The minimum Gasteiger partial charge on any atom is -0.338 e. The van der Waals surface area contributed by atoms with E-state index in [1.165, 1.54) is 16.4 Å². The molecule has 2 aromatic heterocycles. The second kappa shape index (κ2) is 7.23. The average molecular weight is 384 g/mol. The molecule has 130 valence electrons. The van der Waals surface area contributed by atoms with Crippen molar-refractivity contribution in [2.75, 3.05) is 5.84 Å². The van der Waals surface area contributed by atoms with Gasteiger partial charge in [0.05, 0.1) is 17.6 Å². The van der Waals surface area contributed by atoms with Gasteiger partial charge in [-0.1, -0.05) is 58.9 Å². The molecule has 0 saturated carbocycles. The molecule has 26 heavy (non-hydrogen) atoms. The van der Waals surface area contributed by atoms with Crippen LogP contribution in [0.3, 0.4) is 0 Å². The Labute approximate surface area is 159 Å². The number of benzene rings is 2. The van der Waals surface area contributed by atoms with Crippen molar-refractivity contribution in [1.29, 1.82) is 0 Å². The Morgan fingerprint density at radius 1 is 1.00 bits per heavy atom. The lowest BCUT2D eigenvalue weighted by Gasteiger charge is -1.97. The third-order valence-corrected chi connectivity index (χ3v) is 4.87. The number of imidazole rings is 1. The molecule has 0 saturated heterocycles. The number of nitrogen functional groups attached to an aromatic ring is 1. The fourth-order valence-electron chi connectivity index (χ4n) is 2.39. The van der Waals surface area contributed by atoms with Gasteiger partial charge in [-0.05, 0) is 24.3 Å². The van der Waals surface area contributed by atoms with Crippen molar-refractivity contribution in [3.05, 3.63) is 71.7 Å². The van der Waals surface area contributed by atoms with Gasteiger partial charge in [0.15, 0.2) is 5.16 Å². The van der Waals surface area contributed by atoms with E-state index in [-0.39, 0.29) is 0 Å². The summed E-state index contributed by atoms with van der Waals surface area (Å²) in [7, 11) is 0. The summed E-state index contributed by atoms with van der Waals surface area (Å²) in [5.74, 6) is 7.51. The molecule has 0 fully saturated rings. The number of aromatic nitrogens is 4. The molecule has 2 N–H and O–H groups in total. The van der Waals surface area contributed by atoms with Crippen LogP contribution >= 0.6 is 23.4 Å². The number of hydrogen-bond acceptors (Lipinski definition) is 6. The first-order valence-electron chi connectivity index (χ1n) is 7.80. The van der Waals surface area contributed by atoms with E-state index < -0.39 is 0 Å². The van der Waals surface area contributed by atoms with Crippen LogP contribution < -0.4 is 5.84 Å². The summed E-state index contributed by atoms with van der Waals surface area (Å²) in [6, 6.07) is 17.2. The van der Waals surface area contributed by atoms with Crippen molar-refractivity contribution in [3.63, 3.8) is 0 Å². The first-order valence-corrected chi connectivity index (χ1v) is 9.16. The summed E-state index contributed by atoms with van der Waals surface area (Å²) in [5, 5.41) is 5.34. The molecule has 0 atom stereocenters. The highest BCUT2D eigenvalue weighted by molar-refractivity contribution is 7.98. The molecule has 0 spiro atoms. The van der Waals surface area contributed by atoms with Crippen LogP contribution in [0.25, 0.3) is 22.6 Å². The van der Waals surface area contributed by atoms with Gasteiger partial charge in [0.25, 0.3) is 0 Å². The van der Waals surface area contributed by atoms with E-state index in [0.29, 0.717) is 27.6 Å². The third kappa shape index (κ3) is 3.58. The Balaban J connectivity index is 1.46. The Morgan fingerprint density at radius 3 is 2.54 bits per heavy atom. The van der Waals surface area contributed by atoms with E-state index in [2.05, 4.69) is 15.1 Å².